The van der Waals surface area contributed by atoms with Crippen LogP contribution in [0.15, 0.2) is 24.3 Å². The molecule has 82 valence electrons. The molecule has 0 aliphatic carbocycles. The summed E-state index contributed by atoms with van der Waals surface area (Å²) in [5.41, 5.74) is 0.231. The van der Waals surface area contributed by atoms with Crippen LogP contribution in [0.5, 0.6) is 5.75 Å². The van der Waals surface area contributed by atoms with Crippen LogP contribution >= 0.6 is 0 Å². The summed E-state index contributed by atoms with van der Waals surface area (Å²) < 4.78 is 32.4. The molecule has 0 aliphatic heterocycles. The van der Waals surface area contributed by atoms with E-state index in [2.05, 4.69) is 9.04 Å². The van der Waals surface area contributed by atoms with Gasteiger partial charge >= 0.3 is 88.8 Å². The van der Waals surface area contributed by atoms with E-state index in [9.17, 15) is 8.53 Å². The Balaban J connectivity index is 2.96. The molecule has 0 fully saturated rings. The van der Waals surface area contributed by atoms with Crippen molar-refractivity contribution in [1.82, 2.24) is 0 Å². The molecule has 3 N–H and O–H groups in total. The summed E-state index contributed by atoms with van der Waals surface area (Å²) in [7, 11) is 0. The van der Waals surface area contributed by atoms with E-state index in [0.717, 1.165) is 0 Å². The van der Waals surface area contributed by atoms with Gasteiger partial charge in [-0.1, -0.05) is 0 Å². The first-order valence-corrected chi connectivity index (χ1v) is 7.21. The normalized spacial score (nSPS) is 10.9. The zero-order valence-corrected chi connectivity index (χ0v) is 9.75. The molecule has 0 spiro atoms. The summed E-state index contributed by atoms with van der Waals surface area (Å²) in [6.07, 6.45) is 0. The van der Waals surface area contributed by atoms with Crippen molar-refractivity contribution in [2.75, 3.05) is 5.32 Å². The van der Waals surface area contributed by atoms with Crippen molar-refractivity contribution in [3.05, 3.63) is 24.3 Å². The molecular formula is C8H10AsNO5. The number of anilines is 1. The zero-order valence-electron chi connectivity index (χ0n) is 7.88. The second kappa shape index (κ2) is 4.53. The average Bonchev–Trinajstić information content (AvgIpc) is 2.05. The van der Waals surface area contributed by atoms with Crippen molar-refractivity contribution in [3.63, 3.8) is 0 Å². The molecule has 0 aromatic heterocycles. The standard InChI is InChI=1S/C8H10AsNO5/c1-6(11)10-7-4-2-3-5-8(7)15-9(12,13)14/h2-5H,1H3,(H,10,11)(H2,12,13,14). The third-order valence-electron chi connectivity index (χ3n) is 1.42. The van der Waals surface area contributed by atoms with Crippen LogP contribution in [0.4, 0.5) is 5.69 Å². The molecule has 0 radical (unpaired) electrons. The Bertz CT molecular complexity index is 413. The first kappa shape index (κ1) is 11.8. The molecular weight excluding hydrogens is 265 g/mol. The van der Waals surface area contributed by atoms with Gasteiger partial charge < -0.3 is 0 Å². The summed E-state index contributed by atoms with van der Waals surface area (Å²) >= 11 is -5.21. The molecule has 7 heteroatoms. The van der Waals surface area contributed by atoms with Crippen molar-refractivity contribution >= 4 is 26.1 Å². The Hall–Kier alpha value is -1.23. The van der Waals surface area contributed by atoms with Crippen LogP contribution in [0.25, 0.3) is 0 Å². The monoisotopic (exact) mass is 275 g/mol. The Labute approximate surface area is 89.2 Å². The Morgan fingerprint density at radius 1 is 1.40 bits per heavy atom. The SMILES string of the molecule is CC(=O)Nc1ccccc1O[As](=O)(O)O. The molecule has 0 unspecified atom stereocenters. The minimum absolute atomic E-state index is 0.0415. The van der Waals surface area contributed by atoms with Crippen molar-refractivity contribution in [1.29, 1.82) is 0 Å². The fourth-order valence-electron chi connectivity index (χ4n) is 0.967. The molecule has 0 heterocycles. The first-order valence-electron chi connectivity index (χ1n) is 4.00. The van der Waals surface area contributed by atoms with E-state index in [0.29, 0.717) is 0 Å². The molecule has 0 bridgehead atoms. The Morgan fingerprint density at radius 3 is 2.53 bits per heavy atom. The first-order chi connectivity index (χ1) is 6.88. The van der Waals surface area contributed by atoms with Gasteiger partial charge in [0.05, 0.1) is 0 Å². The van der Waals surface area contributed by atoms with E-state index in [1.165, 1.54) is 19.1 Å². The van der Waals surface area contributed by atoms with Gasteiger partial charge in [-0.25, -0.2) is 0 Å². The number of hydrogen-bond acceptors (Lipinski definition) is 3. The van der Waals surface area contributed by atoms with Crippen LogP contribution in [0.1, 0.15) is 6.92 Å². The second-order valence-electron chi connectivity index (χ2n) is 2.76. The van der Waals surface area contributed by atoms with Gasteiger partial charge in [0.1, 0.15) is 0 Å². The number of carbonyl (C=O) groups excluding carboxylic acids is 1. The topological polar surface area (TPSA) is 95.9 Å². The van der Waals surface area contributed by atoms with Gasteiger partial charge in [0, 0.05) is 0 Å². The fourth-order valence-corrected chi connectivity index (χ4v) is 1.84. The molecule has 0 atom stereocenters. The predicted molar refractivity (Wildman–Crippen MR) is 52.3 cm³/mol. The molecule has 0 saturated carbocycles. The van der Waals surface area contributed by atoms with Gasteiger partial charge in [0.15, 0.2) is 0 Å². The molecule has 1 rings (SSSR count). The maximum atomic E-state index is 10.8. The van der Waals surface area contributed by atoms with Crippen molar-refractivity contribution in [2.45, 2.75) is 6.92 Å². The van der Waals surface area contributed by atoms with Gasteiger partial charge in [0.25, 0.3) is 0 Å². The maximum absolute atomic E-state index is 10.8. The predicted octanol–water partition coefficient (Wildman–Crippen LogP) is -0.126. The van der Waals surface area contributed by atoms with Crippen molar-refractivity contribution in [2.24, 2.45) is 0 Å². The number of benzene rings is 1. The molecule has 1 aromatic rings. The van der Waals surface area contributed by atoms with Crippen molar-refractivity contribution in [3.8, 4) is 5.75 Å². The third-order valence-corrected chi connectivity index (χ3v) is 2.33. The van der Waals surface area contributed by atoms with Crippen LogP contribution in [-0.4, -0.2) is 28.6 Å². The summed E-state index contributed by atoms with van der Waals surface area (Å²) in [6, 6.07) is 6.02. The van der Waals surface area contributed by atoms with E-state index < -0.39 is 14.5 Å². The van der Waals surface area contributed by atoms with Gasteiger partial charge in [0.2, 0.25) is 0 Å². The number of hydrogen-bond donors (Lipinski definition) is 3. The quantitative estimate of drug-likeness (QED) is 0.668. The van der Waals surface area contributed by atoms with Crippen LogP contribution in [0, 0.1) is 0 Å². The van der Waals surface area contributed by atoms with Gasteiger partial charge in [-0.2, -0.15) is 0 Å². The minimum atomic E-state index is -5.21. The molecule has 0 saturated heterocycles. The average molecular weight is 275 g/mol. The fraction of sp³-hybridized carbons (Fsp3) is 0.125. The summed E-state index contributed by atoms with van der Waals surface area (Å²) in [6.45, 7) is 1.29. The molecule has 1 aromatic carbocycles. The van der Waals surface area contributed by atoms with Crippen LogP contribution in [0.2, 0.25) is 0 Å². The summed E-state index contributed by atoms with van der Waals surface area (Å²) in [4.78, 5) is 10.8. The molecule has 0 aliphatic rings. The van der Waals surface area contributed by atoms with Gasteiger partial charge in [-0.3, -0.25) is 0 Å². The van der Waals surface area contributed by atoms with Crippen LogP contribution in [-0.2, 0) is 8.53 Å². The van der Waals surface area contributed by atoms with Crippen molar-refractivity contribution < 1.29 is 20.5 Å². The van der Waals surface area contributed by atoms with Gasteiger partial charge in [-0.15, -0.1) is 0 Å². The van der Waals surface area contributed by atoms with Crippen LogP contribution in [0.3, 0.4) is 0 Å². The van der Waals surface area contributed by atoms with E-state index >= 15 is 0 Å². The molecule has 15 heavy (non-hydrogen) atoms. The van der Waals surface area contributed by atoms with E-state index in [1.54, 1.807) is 12.1 Å². The third kappa shape index (κ3) is 4.20. The second-order valence-corrected chi connectivity index (χ2v) is 5.20. The Morgan fingerprint density at radius 2 is 2.00 bits per heavy atom. The van der Waals surface area contributed by atoms with E-state index in [4.69, 9.17) is 8.19 Å². The summed E-state index contributed by atoms with van der Waals surface area (Å²) in [5.74, 6) is -0.385. The van der Waals surface area contributed by atoms with E-state index in [1.807, 2.05) is 0 Å². The summed E-state index contributed by atoms with van der Waals surface area (Å²) in [5, 5.41) is 2.40. The van der Waals surface area contributed by atoms with Gasteiger partial charge in [-0.05, 0) is 0 Å². The number of amides is 1. The number of para-hydroxylation sites is 2. The van der Waals surface area contributed by atoms with Crippen LogP contribution < -0.4 is 9.04 Å². The van der Waals surface area contributed by atoms with E-state index in [-0.39, 0.29) is 17.3 Å². The molecule has 1 amide bonds. The molecule has 6 nitrogen and oxygen atoms in total. The Kier molecular flexibility index (Phi) is 3.57. The zero-order chi connectivity index (χ0) is 11.5. The number of rotatable bonds is 3. The number of nitrogens with one attached hydrogen (secondary N) is 1. The number of carbonyl (C=O) groups is 1.